The Balaban J connectivity index is 2.71. The molecule has 1 N–H and O–H groups in total. The summed E-state index contributed by atoms with van der Waals surface area (Å²) in [5.74, 6) is 0.661. The summed E-state index contributed by atoms with van der Waals surface area (Å²) in [5.41, 5.74) is -0.472. The molecule has 0 aromatic rings. The Morgan fingerprint density at radius 2 is 2.14 bits per heavy atom. The summed E-state index contributed by atoms with van der Waals surface area (Å²) in [6, 6.07) is 0.473. The smallest absolute Gasteiger partial charge is 0.326 e. The van der Waals surface area contributed by atoms with E-state index in [-0.39, 0.29) is 5.97 Å². The molecule has 1 aliphatic carbocycles. The van der Waals surface area contributed by atoms with Crippen LogP contribution in [0, 0.1) is 5.92 Å². The number of hydrogen-bond donors (Lipinski definition) is 1. The summed E-state index contributed by atoms with van der Waals surface area (Å²) in [6.07, 6.45) is 5.24. The molecule has 0 spiro atoms. The summed E-state index contributed by atoms with van der Waals surface area (Å²) in [7, 11) is 2.19. The number of ether oxygens (including phenoxy) is 1. The lowest BCUT2D eigenvalue weighted by molar-refractivity contribution is -0.153. The van der Waals surface area contributed by atoms with Crippen LogP contribution in [-0.2, 0) is 9.53 Å². The second-order valence-electron chi connectivity index (χ2n) is 6.75. The fourth-order valence-electron chi connectivity index (χ4n) is 3.29. The van der Waals surface area contributed by atoms with E-state index in [1.54, 1.807) is 0 Å². The Morgan fingerprint density at radius 1 is 1.43 bits per heavy atom. The van der Waals surface area contributed by atoms with Gasteiger partial charge in [0.1, 0.15) is 5.54 Å². The number of nitrogens with zero attached hydrogens (tertiary/aromatic N) is 1. The molecule has 1 fully saturated rings. The zero-order chi connectivity index (χ0) is 15.9. The van der Waals surface area contributed by atoms with Gasteiger partial charge in [-0.3, -0.25) is 4.79 Å². The molecular formula is C17H34N2O2. The molecule has 0 amide bonds. The molecule has 4 nitrogen and oxygen atoms in total. The van der Waals surface area contributed by atoms with Crippen LogP contribution in [0.1, 0.15) is 59.8 Å². The quantitative estimate of drug-likeness (QED) is 0.700. The molecule has 1 aliphatic rings. The van der Waals surface area contributed by atoms with E-state index < -0.39 is 5.54 Å². The van der Waals surface area contributed by atoms with Gasteiger partial charge >= 0.3 is 5.97 Å². The molecule has 0 aliphatic heterocycles. The highest BCUT2D eigenvalue weighted by Crippen LogP contribution is 2.32. The van der Waals surface area contributed by atoms with Crippen molar-refractivity contribution in [1.29, 1.82) is 0 Å². The lowest BCUT2D eigenvalue weighted by Gasteiger charge is -2.42. The Hall–Kier alpha value is -0.610. The van der Waals surface area contributed by atoms with Crippen LogP contribution in [-0.4, -0.2) is 49.2 Å². The Morgan fingerprint density at radius 3 is 2.71 bits per heavy atom. The topological polar surface area (TPSA) is 41.6 Å². The van der Waals surface area contributed by atoms with E-state index >= 15 is 0 Å². The van der Waals surface area contributed by atoms with Gasteiger partial charge in [-0.25, -0.2) is 0 Å². The zero-order valence-corrected chi connectivity index (χ0v) is 14.6. The number of nitrogens with one attached hydrogen (secondary N) is 1. The third-order valence-electron chi connectivity index (χ3n) is 4.59. The van der Waals surface area contributed by atoms with Gasteiger partial charge in [-0.05, 0) is 65.1 Å². The normalized spacial score (nSPS) is 26.3. The summed E-state index contributed by atoms with van der Waals surface area (Å²) < 4.78 is 5.34. The van der Waals surface area contributed by atoms with Crippen LogP contribution in [0.2, 0.25) is 0 Å². The Labute approximate surface area is 130 Å². The maximum Gasteiger partial charge on any atom is 0.326 e. The van der Waals surface area contributed by atoms with Crippen LogP contribution < -0.4 is 5.32 Å². The van der Waals surface area contributed by atoms with Gasteiger partial charge in [-0.15, -0.1) is 0 Å². The first-order valence-corrected chi connectivity index (χ1v) is 8.57. The third-order valence-corrected chi connectivity index (χ3v) is 4.59. The monoisotopic (exact) mass is 298 g/mol. The molecule has 0 aromatic carbocycles. The predicted octanol–water partition coefficient (Wildman–Crippen LogP) is 2.82. The van der Waals surface area contributed by atoms with E-state index in [2.05, 4.69) is 38.0 Å². The van der Waals surface area contributed by atoms with Gasteiger partial charge in [0.25, 0.3) is 0 Å². The number of likely N-dealkylation sites (N-methyl/N-ethyl adjacent to an activating group) is 1. The van der Waals surface area contributed by atoms with Gasteiger partial charge in [-0.1, -0.05) is 20.8 Å². The van der Waals surface area contributed by atoms with Gasteiger partial charge < -0.3 is 15.0 Å². The van der Waals surface area contributed by atoms with Crippen molar-refractivity contribution in [2.75, 3.05) is 26.7 Å². The molecule has 2 atom stereocenters. The molecule has 2 unspecified atom stereocenters. The zero-order valence-electron chi connectivity index (χ0n) is 14.6. The lowest BCUT2D eigenvalue weighted by atomic mass is 9.78. The average Bonchev–Trinajstić information content (AvgIpc) is 2.45. The minimum absolute atomic E-state index is 0.0613. The van der Waals surface area contributed by atoms with E-state index in [0.29, 0.717) is 12.6 Å². The molecular weight excluding hydrogens is 264 g/mol. The second-order valence-corrected chi connectivity index (χ2v) is 6.75. The van der Waals surface area contributed by atoms with Crippen LogP contribution in [0.5, 0.6) is 0 Å². The van der Waals surface area contributed by atoms with E-state index in [1.165, 1.54) is 12.8 Å². The number of hydrogen-bond acceptors (Lipinski definition) is 4. The molecule has 0 aromatic heterocycles. The first-order valence-electron chi connectivity index (χ1n) is 8.57. The van der Waals surface area contributed by atoms with Crippen molar-refractivity contribution in [1.82, 2.24) is 10.2 Å². The SMILES string of the molecule is CCNC1(C(=O)OCC)CCCC(N(C)CCC(C)C)C1. The summed E-state index contributed by atoms with van der Waals surface area (Å²) in [4.78, 5) is 14.9. The molecule has 1 saturated carbocycles. The molecule has 0 heterocycles. The van der Waals surface area contributed by atoms with E-state index in [0.717, 1.165) is 38.3 Å². The highest BCUT2D eigenvalue weighted by molar-refractivity contribution is 5.81. The van der Waals surface area contributed by atoms with E-state index in [4.69, 9.17) is 4.74 Å². The van der Waals surface area contributed by atoms with Crippen LogP contribution in [0.3, 0.4) is 0 Å². The van der Waals surface area contributed by atoms with Crippen molar-refractivity contribution in [2.45, 2.75) is 71.4 Å². The third kappa shape index (κ3) is 5.26. The Kier molecular flexibility index (Phi) is 7.67. The maximum absolute atomic E-state index is 12.4. The molecule has 0 saturated heterocycles. The molecule has 0 radical (unpaired) electrons. The highest BCUT2D eigenvalue weighted by atomic mass is 16.5. The Bertz CT molecular complexity index is 316. The fraction of sp³-hybridized carbons (Fsp3) is 0.941. The largest absolute Gasteiger partial charge is 0.465 e. The number of carbonyl (C=O) groups is 1. The number of esters is 1. The van der Waals surface area contributed by atoms with Crippen molar-refractivity contribution in [2.24, 2.45) is 5.92 Å². The second kappa shape index (κ2) is 8.74. The van der Waals surface area contributed by atoms with Gasteiger partial charge in [0.05, 0.1) is 6.61 Å². The van der Waals surface area contributed by atoms with Gasteiger partial charge in [0, 0.05) is 6.04 Å². The molecule has 4 heteroatoms. The van der Waals surface area contributed by atoms with Crippen molar-refractivity contribution in [3.05, 3.63) is 0 Å². The summed E-state index contributed by atoms with van der Waals surface area (Å²) in [5, 5.41) is 3.43. The van der Waals surface area contributed by atoms with Crippen LogP contribution >= 0.6 is 0 Å². The first kappa shape index (κ1) is 18.4. The summed E-state index contributed by atoms with van der Waals surface area (Å²) in [6.45, 7) is 10.8. The van der Waals surface area contributed by atoms with Crippen molar-refractivity contribution >= 4 is 5.97 Å². The standard InChI is InChI=1S/C17H34N2O2/c1-6-18-17(16(20)21-7-2)11-8-9-15(13-17)19(5)12-10-14(3)4/h14-15,18H,6-13H2,1-5H3. The molecule has 0 bridgehead atoms. The van der Waals surface area contributed by atoms with E-state index in [9.17, 15) is 4.79 Å². The minimum Gasteiger partial charge on any atom is -0.465 e. The van der Waals surface area contributed by atoms with Gasteiger partial charge in [0.2, 0.25) is 0 Å². The van der Waals surface area contributed by atoms with Crippen molar-refractivity contribution in [3.63, 3.8) is 0 Å². The number of rotatable bonds is 8. The van der Waals surface area contributed by atoms with Crippen LogP contribution in [0.25, 0.3) is 0 Å². The molecule has 21 heavy (non-hydrogen) atoms. The minimum atomic E-state index is -0.472. The molecule has 124 valence electrons. The van der Waals surface area contributed by atoms with Crippen LogP contribution in [0.15, 0.2) is 0 Å². The first-order chi connectivity index (χ1) is 9.95. The van der Waals surface area contributed by atoms with E-state index in [1.807, 2.05) is 6.92 Å². The van der Waals surface area contributed by atoms with Crippen molar-refractivity contribution in [3.8, 4) is 0 Å². The molecule has 1 rings (SSSR count). The fourth-order valence-corrected chi connectivity index (χ4v) is 3.29. The van der Waals surface area contributed by atoms with Gasteiger partial charge in [-0.2, -0.15) is 0 Å². The maximum atomic E-state index is 12.4. The summed E-state index contributed by atoms with van der Waals surface area (Å²) >= 11 is 0. The highest BCUT2D eigenvalue weighted by Gasteiger charge is 2.44. The van der Waals surface area contributed by atoms with Gasteiger partial charge in [0.15, 0.2) is 0 Å². The predicted molar refractivity (Wildman–Crippen MR) is 87.4 cm³/mol. The number of carbonyl (C=O) groups excluding carboxylic acids is 1. The van der Waals surface area contributed by atoms with Crippen molar-refractivity contribution < 1.29 is 9.53 Å². The lowest BCUT2D eigenvalue weighted by Crippen LogP contribution is -2.58. The van der Waals surface area contributed by atoms with Crippen LogP contribution in [0.4, 0.5) is 0 Å². The average molecular weight is 298 g/mol.